The minimum atomic E-state index is -0.276. The second kappa shape index (κ2) is 9.53. The number of amides is 1. The van der Waals surface area contributed by atoms with E-state index >= 15 is 0 Å². The number of methoxy groups -OCH3 is 2. The first-order chi connectivity index (χ1) is 15.1. The Bertz CT molecular complexity index is 1170. The summed E-state index contributed by atoms with van der Waals surface area (Å²) in [5, 5.41) is 3.73. The van der Waals surface area contributed by atoms with E-state index in [1.54, 1.807) is 38.5 Å². The monoisotopic (exact) mass is 486 g/mol. The second-order valence-electron chi connectivity index (χ2n) is 7.14. The molecule has 1 fully saturated rings. The number of hydrogen-bond acceptors (Lipinski definition) is 6. The van der Waals surface area contributed by atoms with Crippen LogP contribution in [0.1, 0.15) is 23.2 Å². The second-order valence-corrected chi connectivity index (χ2v) is 8.06. The number of halogens is 1. The molecule has 0 saturated carbocycles. The molecule has 7 nitrogen and oxygen atoms in total. The van der Waals surface area contributed by atoms with Gasteiger partial charge in [0.15, 0.2) is 0 Å². The predicted octanol–water partition coefficient (Wildman–Crippen LogP) is 4.35. The Morgan fingerprint density at radius 3 is 2.81 bits per heavy atom. The average Bonchev–Trinajstić information content (AvgIpc) is 3.31. The van der Waals surface area contributed by atoms with Gasteiger partial charge in [-0.2, -0.15) is 0 Å². The molecule has 0 aliphatic carbocycles. The van der Waals surface area contributed by atoms with Gasteiger partial charge < -0.3 is 23.9 Å². The molecule has 2 heterocycles. The van der Waals surface area contributed by atoms with Crippen LogP contribution in [0.3, 0.4) is 0 Å². The summed E-state index contributed by atoms with van der Waals surface area (Å²) in [6.45, 7) is 1.17. The van der Waals surface area contributed by atoms with Gasteiger partial charge in [0.05, 0.1) is 20.3 Å². The highest BCUT2D eigenvalue weighted by Gasteiger charge is 2.19. The van der Waals surface area contributed by atoms with Crippen LogP contribution in [0.4, 0.5) is 5.69 Å². The molecule has 1 aromatic heterocycles. The smallest absolute Gasteiger partial charge is 0.256 e. The Morgan fingerprint density at radius 1 is 1.19 bits per heavy atom. The Kier molecular flexibility index (Phi) is 6.58. The Balaban J connectivity index is 1.80. The third-order valence-corrected chi connectivity index (χ3v) is 5.57. The average molecular weight is 487 g/mol. The van der Waals surface area contributed by atoms with E-state index in [0.717, 1.165) is 29.3 Å². The molecule has 1 aliphatic rings. The summed E-state index contributed by atoms with van der Waals surface area (Å²) in [7, 11) is 3.14. The zero-order valence-electron chi connectivity index (χ0n) is 17.3. The van der Waals surface area contributed by atoms with Gasteiger partial charge in [-0.15, -0.1) is 0 Å². The molecule has 162 valence electrons. The normalized spacial score (nSPS) is 16.5. The van der Waals surface area contributed by atoms with Crippen LogP contribution in [-0.2, 0) is 4.74 Å². The van der Waals surface area contributed by atoms with Crippen molar-refractivity contribution in [2.75, 3.05) is 27.4 Å². The van der Waals surface area contributed by atoms with Crippen molar-refractivity contribution in [1.82, 2.24) is 5.32 Å². The lowest BCUT2D eigenvalue weighted by atomic mass is 10.1. The van der Waals surface area contributed by atoms with Crippen LogP contribution in [0.25, 0.3) is 11.0 Å². The maximum atomic E-state index is 13.1. The van der Waals surface area contributed by atoms with Crippen LogP contribution >= 0.6 is 15.9 Å². The molecular formula is C23H23BrN2O5. The maximum Gasteiger partial charge on any atom is 0.256 e. The van der Waals surface area contributed by atoms with E-state index in [1.807, 2.05) is 18.2 Å². The summed E-state index contributed by atoms with van der Waals surface area (Å²) in [5.74, 6) is 0.882. The van der Waals surface area contributed by atoms with Crippen molar-refractivity contribution < 1.29 is 23.4 Å². The molecule has 1 N–H and O–H groups in total. The number of hydrogen-bond donors (Lipinski definition) is 1. The van der Waals surface area contributed by atoms with Crippen LogP contribution in [0.2, 0.25) is 0 Å². The Hall–Kier alpha value is -2.84. The fourth-order valence-corrected chi connectivity index (χ4v) is 3.83. The standard InChI is InChI=1S/C23H23BrN2O5/c1-28-16-6-8-21(29-2)19(12-16)26-23-18(22(27)25-13-17-4-3-9-30-17)11-14-10-15(24)5-7-20(14)31-23/h5-8,10-12,17H,3-4,9,13H2,1-2H3,(H,25,27)/t17-/m0/s1. The van der Waals surface area contributed by atoms with Gasteiger partial charge in [-0.05, 0) is 49.2 Å². The van der Waals surface area contributed by atoms with E-state index in [0.29, 0.717) is 34.9 Å². The first kappa shape index (κ1) is 21.4. The lowest BCUT2D eigenvalue weighted by molar-refractivity contribution is 0.0854. The van der Waals surface area contributed by atoms with Gasteiger partial charge in [-0.3, -0.25) is 4.79 Å². The van der Waals surface area contributed by atoms with Crippen molar-refractivity contribution in [2.24, 2.45) is 4.99 Å². The number of carbonyl (C=O) groups excluding carboxylic acids is 1. The van der Waals surface area contributed by atoms with Crippen molar-refractivity contribution in [1.29, 1.82) is 0 Å². The third kappa shape index (κ3) is 4.91. The SMILES string of the molecule is COc1ccc(OC)c(N=c2oc3ccc(Br)cc3cc2C(=O)NC[C@@H]2CCCO2)c1. The molecule has 8 heteroatoms. The van der Waals surface area contributed by atoms with E-state index in [2.05, 4.69) is 26.2 Å². The molecule has 1 aliphatic heterocycles. The lowest BCUT2D eigenvalue weighted by Gasteiger charge is -2.11. The van der Waals surface area contributed by atoms with Gasteiger partial charge in [0, 0.05) is 29.1 Å². The summed E-state index contributed by atoms with van der Waals surface area (Å²) in [4.78, 5) is 17.7. The van der Waals surface area contributed by atoms with Crippen molar-refractivity contribution in [3.63, 3.8) is 0 Å². The van der Waals surface area contributed by atoms with Gasteiger partial charge >= 0.3 is 0 Å². The van der Waals surface area contributed by atoms with Crippen LogP contribution < -0.4 is 20.3 Å². The van der Waals surface area contributed by atoms with E-state index in [4.69, 9.17) is 18.6 Å². The maximum absolute atomic E-state index is 13.1. The van der Waals surface area contributed by atoms with Gasteiger partial charge in [0.1, 0.15) is 28.3 Å². The predicted molar refractivity (Wildman–Crippen MR) is 120 cm³/mol. The Morgan fingerprint density at radius 2 is 2.06 bits per heavy atom. The zero-order chi connectivity index (χ0) is 21.8. The van der Waals surface area contributed by atoms with Crippen LogP contribution in [-0.4, -0.2) is 39.4 Å². The molecule has 0 spiro atoms. The summed E-state index contributed by atoms with van der Waals surface area (Å²) in [5.41, 5.74) is 1.62. The van der Waals surface area contributed by atoms with Crippen LogP contribution in [0.5, 0.6) is 11.5 Å². The number of ether oxygens (including phenoxy) is 3. The first-order valence-corrected chi connectivity index (χ1v) is 10.8. The lowest BCUT2D eigenvalue weighted by Crippen LogP contribution is -2.34. The molecule has 3 aromatic rings. The minimum Gasteiger partial charge on any atom is -0.497 e. The van der Waals surface area contributed by atoms with E-state index in [1.165, 1.54) is 0 Å². The van der Waals surface area contributed by atoms with Crippen molar-refractivity contribution in [3.8, 4) is 11.5 Å². The number of benzene rings is 2. The number of rotatable bonds is 6. The van der Waals surface area contributed by atoms with Crippen molar-refractivity contribution in [3.05, 3.63) is 58.1 Å². The van der Waals surface area contributed by atoms with Crippen LogP contribution in [0.15, 0.2) is 56.3 Å². The largest absolute Gasteiger partial charge is 0.497 e. The topological polar surface area (TPSA) is 82.3 Å². The molecule has 31 heavy (non-hydrogen) atoms. The highest BCUT2D eigenvalue weighted by molar-refractivity contribution is 9.10. The summed E-state index contributed by atoms with van der Waals surface area (Å²) >= 11 is 3.46. The minimum absolute atomic E-state index is 0.0364. The summed E-state index contributed by atoms with van der Waals surface area (Å²) in [6.07, 6.45) is 1.98. The molecule has 4 rings (SSSR count). The number of nitrogens with one attached hydrogen (secondary N) is 1. The van der Waals surface area contributed by atoms with Gasteiger partial charge in [0.2, 0.25) is 5.55 Å². The fourth-order valence-electron chi connectivity index (χ4n) is 3.45. The third-order valence-electron chi connectivity index (χ3n) is 5.08. The molecule has 1 amide bonds. The number of fused-ring (bicyclic) bond motifs is 1. The number of nitrogens with zero attached hydrogens (tertiary/aromatic N) is 1. The van der Waals surface area contributed by atoms with E-state index < -0.39 is 0 Å². The molecule has 1 atom stereocenters. The van der Waals surface area contributed by atoms with Crippen molar-refractivity contribution in [2.45, 2.75) is 18.9 Å². The van der Waals surface area contributed by atoms with Gasteiger partial charge in [-0.25, -0.2) is 4.99 Å². The molecule has 0 radical (unpaired) electrons. The van der Waals surface area contributed by atoms with Crippen LogP contribution in [0, 0.1) is 0 Å². The number of carbonyl (C=O) groups is 1. The summed E-state index contributed by atoms with van der Waals surface area (Å²) < 4.78 is 23.3. The molecule has 2 aromatic carbocycles. The highest BCUT2D eigenvalue weighted by Crippen LogP contribution is 2.31. The first-order valence-electron chi connectivity index (χ1n) is 9.97. The molecule has 0 bridgehead atoms. The van der Waals surface area contributed by atoms with Crippen molar-refractivity contribution >= 4 is 38.5 Å². The quantitative estimate of drug-likeness (QED) is 0.559. The fraction of sp³-hybridized carbons (Fsp3) is 0.304. The Labute approximate surface area is 188 Å². The summed E-state index contributed by atoms with van der Waals surface area (Å²) in [6, 6.07) is 12.6. The molecular weight excluding hydrogens is 464 g/mol. The van der Waals surface area contributed by atoms with Gasteiger partial charge in [-0.1, -0.05) is 15.9 Å². The molecule has 0 unspecified atom stereocenters. The van der Waals surface area contributed by atoms with E-state index in [9.17, 15) is 4.79 Å². The molecule has 1 saturated heterocycles. The van der Waals surface area contributed by atoms with Gasteiger partial charge in [0.25, 0.3) is 5.91 Å². The van der Waals surface area contributed by atoms with E-state index in [-0.39, 0.29) is 17.6 Å². The highest BCUT2D eigenvalue weighted by atomic mass is 79.9. The zero-order valence-corrected chi connectivity index (χ0v) is 18.9.